The van der Waals surface area contributed by atoms with E-state index in [1.807, 2.05) is 60.7 Å². The Morgan fingerprint density at radius 3 is 2.11 bits per heavy atom. The number of hydrogen-bond acceptors (Lipinski definition) is 2. The highest BCUT2D eigenvalue weighted by Gasteiger charge is 2.10. The molecular weight excluding hydrogens is 222 g/mol. The average Bonchev–Trinajstić information content (AvgIpc) is 2.47. The Hall–Kier alpha value is -2.37. The Bertz CT molecular complexity index is 579. The number of rotatable bonds is 3. The lowest BCUT2D eigenvalue weighted by Crippen LogP contribution is -1.98. The first-order chi connectivity index (χ1) is 8.72. The molecule has 0 unspecified atom stereocenters. The molecule has 0 heterocycles. The second-order valence-corrected chi connectivity index (χ2v) is 4.03. The van der Waals surface area contributed by atoms with Crippen LogP contribution in [0.2, 0.25) is 0 Å². The molecule has 0 saturated heterocycles. The summed E-state index contributed by atoms with van der Waals surface area (Å²) in [7, 11) is 0. The summed E-state index contributed by atoms with van der Waals surface area (Å²) in [6.07, 6.45) is -0.917. The standard InChI is InChI=1S/C16H13NO/c1-12(11-17)16(18)15-9-7-14(8-10-15)13-5-3-2-4-6-13/h2-10,16,18H,1H2/t16-/m0/s1. The second kappa shape index (κ2) is 5.31. The van der Waals surface area contributed by atoms with Crippen molar-refractivity contribution in [1.82, 2.24) is 0 Å². The van der Waals surface area contributed by atoms with Gasteiger partial charge in [-0.3, -0.25) is 0 Å². The molecule has 1 atom stereocenters. The molecule has 18 heavy (non-hydrogen) atoms. The summed E-state index contributed by atoms with van der Waals surface area (Å²) in [5, 5.41) is 18.5. The van der Waals surface area contributed by atoms with Crippen LogP contribution >= 0.6 is 0 Å². The summed E-state index contributed by atoms with van der Waals surface area (Å²) >= 11 is 0. The molecule has 0 radical (unpaired) electrons. The molecule has 0 bridgehead atoms. The van der Waals surface area contributed by atoms with Gasteiger partial charge in [0.15, 0.2) is 0 Å². The molecule has 2 nitrogen and oxygen atoms in total. The third-order valence-corrected chi connectivity index (χ3v) is 2.81. The summed E-state index contributed by atoms with van der Waals surface area (Å²) < 4.78 is 0. The topological polar surface area (TPSA) is 44.0 Å². The van der Waals surface area contributed by atoms with Gasteiger partial charge in [-0.15, -0.1) is 0 Å². The third-order valence-electron chi connectivity index (χ3n) is 2.81. The van der Waals surface area contributed by atoms with Crippen LogP contribution in [0.1, 0.15) is 11.7 Å². The zero-order chi connectivity index (χ0) is 13.0. The molecule has 2 rings (SSSR count). The van der Waals surface area contributed by atoms with Crippen molar-refractivity contribution in [3.63, 3.8) is 0 Å². The van der Waals surface area contributed by atoms with Gasteiger partial charge in [0, 0.05) is 0 Å². The Morgan fingerprint density at radius 1 is 1.00 bits per heavy atom. The van der Waals surface area contributed by atoms with Gasteiger partial charge in [-0.25, -0.2) is 0 Å². The highest BCUT2D eigenvalue weighted by atomic mass is 16.3. The van der Waals surface area contributed by atoms with Crippen molar-refractivity contribution in [2.24, 2.45) is 0 Å². The lowest BCUT2D eigenvalue weighted by molar-refractivity contribution is 0.221. The number of aliphatic hydroxyl groups excluding tert-OH is 1. The van der Waals surface area contributed by atoms with E-state index in [1.54, 1.807) is 0 Å². The first kappa shape index (κ1) is 12.1. The number of hydrogen-bond donors (Lipinski definition) is 1. The summed E-state index contributed by atoms with van der Waals surface area (Å²) in [5.41, 5.74) is 3.04. The predicted molar refractivity (Wildman–Crippen MR) is 71.6 cm³/mol. The molecule has 0 amide bonds. The highest BCUT2D eigenvalue weighted by Crippen LogP contribution is 2.24. The van der Waals surface area contributed by atoms with E-state index in [9.17, 15) is 5.11 Å². The number of nitriles is 1. The third kappa shape index (κ3) is 2.48. The van der Waals surface area contributed by atoms with Crippen molar-refractivity contribution in [3.8, 4) is 17.2 Å². The molecule has 0 aromatic heterocycles. The van der Waals surface area contributed by atoms with E-state index in [2.05, 4.69) is 6.58 Å². The van der Waals surface area contributed by atoms with Crippen molar-refractivity contribution in [2.45, 2.75) is 6.10 Å². The van der Waals surface area contributed by atoms with E-state index >= 15 is 0 Å². The van der Waals surface area contributed by atoms with Gasteiger partial charge in [-0.1, -0.05) is 61.2 Å². The molecule has 0 aliphatic carbocycles. The zero-order valence-electron chi connectivity index (χ0n) is 9.88. The van der Waals surface area contributed by atoms with Gasteiger partial charge in [0.2, 0.25) is 0 Å². The highest BCUT2D eigenvalue weighted by molar-refractivity contribution is 5.63. The largest absolute Gasteiger partial charge is 0.383 e. The second-order valence-electron chi connectivity index (χ2n) is 4.03. The quantitative estimate of drug-likeness (QED) is 0.828. The Balaban J connectivity index is 2.26. The van der Waals surface area contributed by atoms with Gasteiger partial charge in [-0.05, 0) is 16.7 Å². The van der Waals surface area contributed by atoms with Crippen LogP contribution in [-0.2, 0) is 0 Å². The normalized spacial score (nSPS) is 11.6. The lowest BCUT2D eigenvalue weighted by Gasteiger charge is -2.09. The van der Waals surface area contributed by atoms with Gasteiger partial charge < -0.3 is 5.11 Å². The number of aliphatic hydroxyl groups is 1. The first-order valence-corrected chi connectivity index (χ1v) is 5.64. The fourth-order valence-corrected chi connectivity index (χ4v) is 1.75. The first-order valence-electron chi connectivity index (χ1n) is 5.64. The summed E-state index contributed by atoms with van der Waals surface area (Å²) in [5.74, 6) is 0. The Morgan fingerprint density at radius 2 is 1.56 bits per heavy atom. The van der Waals surface area contributed by atoms with Crippen molar-refractivity contribution in [3.05, 3.63) is 72.3 Å². The van der Waals surface area contributed by atoms with Crippen molar-refractivity contribution in [2.75, 3.05) is 0 Å². The molecule has 0 aliphatic rings. The fourth-order valence-electron chi connectivity index (χ4n) is 1.75. The van der Waals surface area contributed by atoms with Crippen LogP contribution in [0.4, 0.5) is 0 Å². The molecule has 1 N–H and O–H groups in total. The predicted octanol–water partition coefficient (Wildman–Crippen LogP) is 3.47. The minimum Gasteiger partial charge on any atom is -0.383 e. The molecule has 0 aliphatic heterocycles. The molecular formula is C16H13NO. The molecule has 0 fully saturated rings. The van der Waals surface area contributed by atoms with E-state index in [0.29, 0.717) is 5.56 Å². The maximum atomic E-state index is 9.83. The van der Waals surface area contributed by atoms with Gasteiger partial charge in [0.1, 0.15) is 6.10 Å². The van der Waals surface area contributed by atoms with Crippen molar-refractivity contribution in [1.29, 1.82) is 5.26 Å². The van der Waals surface area contributed by atoms with Crippen LogP contribution in [0, 0.1) is 11.3 Å². The van der Waals surface area contributed by atoms with Crippen molar-refractivity contribution >= 4 is 0 Å². The van der Waals surface area contributed by atoms with Crippen LogP contribution < -0.4 is 0 Å². The SMILES string of the molecule is C=C(C#N)[C@H](O)c1ccc(-c2ccccc2)cc1. The molecule has 0 spiro atoms. The average molecular weight is 235 g/mol. The van der Waals surface area contributed by atoms with Gasteiger partial charge in [-0.2, -0.15) is 5.26 Å². The summed E-state index contributed by atoms with van der Waals surface area (Å²) in [6, 6.07) is 19.3. The summed E-state index contributed by atoms with van der Waals surface area (Å²) in [6.45, 7) is 3.52. The molecule has 0 saturated carbocycles. The van der Waals surface area contributed by atoms with Crippen LogP contribution in [0.25, 0.3) is 11.1 Å². The number of benzene rings is 2. The molecule has 2 aromatic carbocycles. The van der Waals surface area contributed by atoms with Crippen LogP contribution in [0.3, 0.4) is 0 Å². The monoisotopic (exact) mass is 235 g/mol. The van der Waals surface area contributed by atoms with Gasteiger partial charge in [0.05, 0.1) is 11.6 Å². The lowest BCUT2D eigenvalue weighted by atomic mass is 9.99. The zero-order valence-corrected chi connectivity index (χ0v) is 9.88. The summed E-state index contributed by atoms with van der Waals surface area (Å²) in [4.78, 5) is 0. The van der Waals surface area contributed by atoms with E-state index in [0.717, 1.165) is 11.1 Å². The van der Waals surface area contributed by atoms with Gasteiger partial charge in [0.25, 0.3) is 0 Å². The minimum atomic E-state index is -0.917. The van der Waals surface area contributed by atoms with E-state index < -0.39 is 6.10 Å². The fraction of sp³-hybridized carbons (Fsp3) is 0.0625. The molecule has 2 aromatic rings. The van der Waals surface area contributed by atoms with Crippen LogP contribution in [0.5, 0.6) is 0 Å². The number of nitrogens with zero attached hydrogens (tertiary/aromatic N) is 1. The van der Waals surface area contributed by atoms with Gasteiger partial charge >= 0.3 is 0 Å². The minimum absolute atomic E-state index is 0.155. The van der Waals surface area contributed by atoms with Crippen LogP contribution in [0.15, 0.2) is 66.7 Å². The van der Waals surface area contributed by atoms with E-state index in [-0.39, 0.29) is 5.57 Å². The molecule has 88 valence electrons. The van der Waals surface area contributed by atoms with E-state index in [4.69, 9.17) is 5.26 Å². The smallest absolute Gasteiger partial charge is 0.113 e. The van der Waals surface area contributed by atoms with Crippen molar-refractivity contribution < 1.29 is 5.11 Å². The Kier molecular flexibility index (Phi) is 3.57. The van der Waals surface area contributed by atoms with E-state index in [1.165, 1.54) is 0 Å². The Labute approximate surface area is 106 Å². The maximum absolute atomic E-state index is 9.83. The molecule has 2 heteroatoms. The maximum Gasteiger partial charge on any atom is 0.113 e. The van der Waals surface area contributed by atoms with Crippen LogP contribution in [-0.4, -0.2) is 5.11 Å².